The standard InChI is InChI=1S/C19H16N4O2S3/c24-16(22-18-20-7-9-27-18)6-3-8-23-17(25)15(28-19(23)26)10-12-11-21-14-5-2-1-4-13(12)14/h1-2,4-5,7,9-11,25H,3,6,8H2,(H,20,22,24)/b12-10+. The highest BCUT2D eigenvalue weighted by molar-refractivity contribution is 7.73. The van der Waals surface area contributed by atoms with Crippen molar-refractivity contribution in [3.63, 3.8) is 0 Å². The van der Waals surface area contributed by atoms with Gasteiger partial charge in [-0.15, -0.1) is 22.7 Å². The second kappa shape index (κ2) is 8.17. The number of rotatable bonds is 6. The highest BCUT2D eigenvalue weighted by Gasteiger charge is 2.15. The number of hydrogen-bond acceptors (Lipinski definition) is 7. The Hall–Kier alpha value is -2.62. The van der Waals surface area contributed by atoms with Crippen LogP contribution in [0.1, 0.15) is 23.3 Å². The van der Waals surface area contributed by atoms with Crippen molar-refractivity contribution in [1.82, 2.24) is 9.55 Å². The molecule has 0 atom stereocenters. The summed E-state index contributed by atoms with van der Waals surface area (Å²) in [4.78, 5) is 21.1. The van der Waals surface area contributed by atoms with E-state index in [9.17, 15) is 9.90 Å². The molecule has 4 rings (SSSR count). The van der Waals surface area contributed by atoms with Crippen LogP contribution < -0.4 is 5.32 Å². The highest BCUT2D eigenvalue weighted by Crippen LogP contribution is 2.35. The van der Waals surface area contributed by atoms with E-state index < -0.39 is 0 Å². The lowest BCUT2D eigenvalue weighted by molar-refractivity contribution is -0.116. The average molecular weight is 429 g/mol. The smallest absolute Gasteiger partial charge is 0.226 e. The van der Waals surface area contributed by atoms with Crippen LogP contribution in [-0.2, 0) is 11.3 Å². The summed E-state index contributed by atoms with van der Waals surface area (Å²) in [5, 5.41) is 15.7. The molecule has 6 nitrogen and oxygen atoms in total. The van der Waals surface area contributed by atoms with Crippen LogP contribution in [0.5, 0.6) is 5.88 Å². The van der Waals surface area contributed by atoms with Crippen LogP contribution >= 0.6 is 34.9 Å². The second-order valence-electron chi connectivity index (χ2n) is 6.07. The second-order valence-corrected chi connectivity index (χ2v) is 8.64. The van der Waals surface area contributed by atoms with Crippen LogP contribution in [-0.4, -0.2) is 26.8 Å². The first-order valence-electron chi connectivity index (χ1n) is 8.59. The molecule has 0 fully saturated rings. The lowest BCUT2D eigenvalue weighted by Crippen LogP contribution is -2.12. The molecule has 28 heavy (non-hydrogen) atoms. The number of thiazole rings is 2. The number of amides is 1. The molecule has 1 amide bonds. The molecule has 2 N–H and O–H groups in total. The van der Waals surface area contributed by atoms with Crippen LogP contribution in [0, 0.1) is 3.95 Å². The van der Waals surface area contributed by atoms with Gasteiger partial charge in [-0.05, 0) is 30.8 Å². The van der Waals surface area contributed by atoms with Crippen molar-refractivity contribution >= 4 is 69.5 Å². The quantitative estimate of drug-likeness (QED) is 0.534. The van der Waals surface area contributed by atoms with Gasteiger partial charge in [0.25, 0.3) is 0 Å². The third kappa shape index (κ3) is 3.96. The minimum absolute atomic E-state index is 0.0997. The topological polar surface area (TPSA) is 79.5 Å². The zero-order valence-electron chi connectivity index (χ0n) is 14.7. The van der Waals surface area contributed by atoms with Crippen LogP contribution in [0.15, 0.2) is 40.8 Å². The fraction of sp³-hybridized carbons (Fsp3) is 0.158. The maximum Gasteiger partial charge on any atom is 0.226 e. The lowest BCUT2D eigenvalue weighted by Gasteiger charge is -2.05. The maximum atomic E-state index is 12.0. The summed E-state index contributed by atoms with van der Waals surface area (Å²) in [6.45, 7) is 0.473. The number of nitrogens with zero attached hydrogens (tertiary/aromatic N) is 3. The SMILES string of the molecule is O=C(CCCn1c(O)c(/C=C2\C=Nc3ccccc32)sc1=S)Nc1nccs1. The predicted molar refractivity (Wildman–Crippen MR) is 117 cm³/mol. The first-order chi connectivity index (χ1) is 13.6. The zero-order chi connectivity index (χ0) is 19.5. The van der Waals surface area contributed by atoms with Gasteiger partial charge in [-0.25, -0.2) is 4.98 Å². The van der Waals surface area contributed by atoms with Gasteiger partial charge in [-0.3, -0.25) is 14.4 Å². The van der Waals surface area contributed by atoms with E-state index in [1.54, 1.807) is 17.0 Å². The maximum absolute atomic E-state index is 12.0. The minimum atomic E-state index is -0.0997. The highest BCUT2D eigenvalue weighted by atomic mass is 32.1. The molecule has 9 heteroatoms. The van der Waals surface area contributed by atoms with E-state index in [2.05, 4.69) is 15.3 Å². The molecule has 0 saturated carbocycles. The van der Waals surface area contributed by atoms with E-state index in [4.69, 9.17) is 12.2 Å². The normalized spacial score (nSPS) is 13.8. The van der Waals surface area contributed by atoms with Gasteiger partial charge in [0.05, 0.1) is 10.6 Å². The number of aliphatic imine (C=N–C) groups is 1. The minimum Gasteiger partial charge on any atom is -0.493 e. The Balaban J connectivity index is 1.44. The van der Waals surface area contributed by atoms with Gasteiger partial charge in [-0.2, -0.15) is 0 Å². The van der Waals surface area contributed by atoms with Gasteiger partial charge in [0.15, 0.2) is 9.09 Å². The van der Waals surface area contributed by atoms with E-state index >= 15 is 0 Å². The zero-order valence-corrected chi connectivity index (χ0v) is 17.1. The molecule has 0 spiro atoms. The molecule has 1 aromatic carbocycles. The Kier molecular flexibility index (Phi) is 5.47. The van der Waals surface area contributed by atoms with E-state index in [-0.39, 0.29) is 11.8 Å². The fourth-order valence-corrected chi connectivity index (χ4v) is 4.72. The van der Waals surface area contributed by atoms with Gasteiger partial charge >= 0.3 is 0 Å². The molecule has 3 aromatic rings. The van der Waals surface area contributed by atoms with Crippen molar-refractivity contribution in [2.45, 2.75) is 19.4 Å². The summed E-state index contributed by atoms with van der Waals surface area (Å²) in [6.07, 6.45) is 6.23. The number of aromatic nitrogens is 2. The Morgan fingerprint density at radius 3 is 3.04 bits per heavy atom. The number of aromatic hydroxyl groups is 1. The summed E-state index contributed by atoms with van der Waals surface area (Å²) < 4.78 is 2.24. The summed E-state index contributed by atoms with van der Waals surface area (Å²) in [5.41, 5.74) is 2.89. The van der Waals surface area contributed by atoms with E-state index in [1.807, 2.05) is 35.7 Å². The molecule has 3 heterocycles. The van der Waals surface area contributed by atoms with Crippen LogP contribution in [0.2, 0.25) is 0 Å². The predicted octanol–water partition coefficient (Wildman–Crippen LogP) is 5.12. The van der Waals surface area contributed by atoms with Gasteiger partial charge in [0, 0.05) is 41.9 Å². The van der Waals surface area contributed by atoms with Gasteiger partial charge in [0.1, 0.15) is 0 Å². The summed E-state index contributed by atoms with van der Waals surface area (Å²) in [7, 11) is 0. The molecular weight excluding hydrogens is 412 g/mol. The van der Waals surface area contributed by atoms with Gasteiger partial charge in [-0.1, -0.05) is 18.2 Å². The number of carbonyl (C=O) groups excluding carboxylic acids is 1. The molecule has 0 aliphatic carbocycles. The van der Waals surface area contributed by atoms with Crippen LogP contribution in [0.3, 0.4) is 0 Å². The Bertz CT molecular complexity index is 1130. The number of para-hydroxylation sites is 1. The van der Waals surface area contributed by atoms with Crippen LogP contribution in [0.25, 0.3) is 11.6 Å². The first kappa shape index (κ1) is 18.7. The third-order valence-electron chi connectivity index (χ3n) is 4.20. The Morgan fingerprint density at radius 2 is 2.21 bits per heavy atom. The molecule has 2 aromatic heterocycles. The largest absolute Gasteiger partial charge is 0.493 e. The summed E-state index contributed by atoms with van der Waals surface area (Å²) in [6, 6.07) is 7.87. The summed E-state index contributed by atoms with van der Waals surface area (Å²) in [5.74, 6) is 0.0258. The number of carbonyl (C=O) groups is 1. The van der Waals surface area contributed by atoms with Crippen molar-refractivity contribution < 1.29 is 9.90 Å². The first-order valence-corrected chi connectivity index (χ1v) is 10.7. The molecule has 0 bridgehead atoms. The molecule has 142 valence electrons. The Labute approximate surface area is 174 Å². The van der Waals surface area contributed by atoms with Crippen molar-refractivity contribution in [1.29, 1.82) is 0 Å². The number of fused-ring (bicyclic) bond motifs is 1. The van der Waals surface area contributed by atoms with E-state index in [1.165, 1.54) is 22.7 Å². The van der Waals surface area contributed by atoms with Gasteiger partial charge < -0.3 is 10.4 Å². The number of anilines is 1. The monoisotopic (exact) mass is 428 g/mol. The molecule has 1 aliphatic rings. The van der Waals surface area contributed by atoms with E-state index in [0.717, 1.165) is 16.8 Å². The summed E-state index contributed by atoms with van der Waals surface area (Å²) >= 11 is 8.13. The number of nitrogens with one attached hydrogen (secondary N) is 1. The number of benzene rings is 1. The van der Waals surface area contributed by atoms with Crippen molar-refractivity contribution in [2.24, 2.45) is 4.99 Å². The fourth-order valence-electron chi connectivity index (χ4n) is 2.87. The van der Waals surface area contributed by atoms with Crippen LogP contribution in [0.4, 0.5) is 10.8 Å². The van der Waals surface area contributed by atoms with Crippen molar-refractivity contribution in [3.05, 3.63) is 50.2 Å². The molecule has 1 aliphatic heterocycles. The molecular formula is C19H16N4O2S3. The van der Waals surface area contributed by atoms with Crippen molar-refractivity contribution in [3.8, 4) is 5.88 Å². The lowest BCUT2D eigenvalue weighted by atomic mass is 10.1. The van der Waals surface area contributed by atoms with E-state index in [0.29, 0.717) is 33.3 Å². The van der Waals surface area contributed by atoms with Gasteiger partial charge in [0.2, 0.25) is 11.8 Å². The number of allylic oxidation sites excluding steroid dienone is 1. The van der Waals surface area contributed by atoms with Crippen molar-refractivity contribution in [2.75, 3.05) is 5.32 Å². The average Bonchev–Trinajstić information content (AvgIpc) is 3.39. The third-order valence-corrected chi connectivity index (χ3v) is 6.28. The Morgan fingerprint density at radius 1 is 1.36 bits per heavy atom. The number of hydrogen-bond donors (Lipinski definition) is 2. The molecule has 0 unspecified atom stereocenters. The molecule has 0 radical (unpaired) electrons. The molecule has 0 saturated heterocycles.